The Morgan fingerprint density at radius 3 is 2.41 bits per heavy atom. The molecule has 22 heavy (non-hydrogen) atoms. The van der Waals surface area contributed by atoms with Crippen LogP contribution in [0.4, 0.5) is 0 Å². The Morgan fingerprint density at radius 1 is 1.09 bits per heavy atom. The predicted octanol–water partition coefficient (Wildman–Crippen LogP) is 4.03. The van der Waals surface area contributed by atoms with Crippen LogP contribution >= 0.6 is 0 Å². The molecule has 110 valence electrons. The number of rotatable bonds is 2. The number of nitriles is 1. The van der Waals surface area contributed by atoms with Gasteiger partial charge in [0.1, 0.15) is 17.4 Å². The summed E-state index contributed by atoms with van der Waals surface area (Å²) in [5, 5.41) is 9.49. The number of para-hydroxylation sites is 1. The van der Waals surface area contributed by atoms with E-state index in [0.29, 0.717) is 11.5 Å². The van der Waals surface area contributed by atoms with Crippen LogP contribution in [0, 0.1) is 11.3 Å². The van der Waals surface area contributed by atoms with Gasteiger partial charge < -0.3 is 10.5 Å². The Balaban J connectivity index is 2.13. The molecular formula is C19H18N2O. The van der Waals surface area contributed by atoms with Crippen LogP contribution in [0.25, 0.3) is 0 Å². The zero-order valence-corrected chi connectivity index (χ0v) is 12.7. The molecule has 1 heterocycles. The molecule has 0 saturated carbocycles. The van der Waals surface area contributed by atoms with Crippen molar-refractivity contribution in [2.45, 2.75) is 25.7 Å². The van der Waals surface area contributed by atoms with Gasteiger partial charge in [0, 0.05) is 5.56 Å². The van der Waals surface area contributed by atoms with Crippen LogP contribution in [0.5, 0.6) is 5.75 Å². The van der Waals surface area contributed by atoms with E-state index in [-0.39, 0.29) is 11.8 Å². The fraction of sp³-hybridized carbons (Fsp3) is 0.211. The lowest BCUT2D eigenvalue weighted by Crippen LogP contribution is -2.20. The van der Waals surface area contributed by atoms with Crippen LogP contribution in [0.2, 0.25) is 0 Å². The summed E-state index contributed by atoms with van der Waals surface area (Å²) in [7, 11) is 0. The van der Waals surface area contributed by atoms with Crippen LogP contribution in [0.15, 0.2) is 60.0 Å². The second kappa shape index (κ2) is 5.57. The second-order valence-electron chi connectivity index (χ2n) is 5.78. The maximum Gasteiger partial charge on any atom is 0.205 e. The molecule has 0 spiro atoms. The summed E-state index contributed by atoms with van der Waals surface area (Å²) >= 11 is 0. The molecule has 0 fully saturated rings. The van der Waals surface area contributed by atoms with Crippen LogP contribution in [0.3, 0.4) is 0 Å². The van der Waals surface area contributed by atoms with Crippen LogP contribution in [-0.4, -0.2) is 0 Å². The number of hydrogen-bond acceptors (Lipinski definition) is 3. The molecule has 2 aromatic rings. The summed E-state index contributed by atoms with van der Waals surface area (Å²) in [6.07, 6.45) is 0. The third-order valence-corrected chi connectivity index (χ3v) is 4.06. The molecule has 0 radical (unpaired) electrons. The van der Waals surface area contributed by atoms with Crippen molar-refractivity contribution in [1.29, 1.82) is 5.26 Å². The van der Waals surface area contributed by atoms with E-state index in [1.54, 1.807) is 0 Å². The molecule has 3 rings (SSSR count). The molecular weight excluding hydrogens is 272 g/mol. The van der Waals surface area contributed by atoms with Crippen molar-refractivity contribution >= 4 is 0 Å². The number of ether oxygens (including phenoxy) is 1. The Bertz CT molecular complexity index is 767. The zero-order valence-electron chi connectivity index (χ0n) is 12.7. The van der Waals surface area contributed by atoms with Gasteiger partial charge in [0.2, 0.25) is 5.88 Å². The van der Waals surface area contributed by atoms with E-state index < -0.39 is 0 Å². The smallest absolute Gasteiger partial charge is 0.205 e. The normalized spacial score (nSPS) is 16.9. The molecule has 2 N–H and O–H groups in total. The van der Waals surface area contributed by atoms with E-state index in [0.717, 1.165) is 16.9 Å². The molecule has 0 saturated heterocycles. The van der Waals surface area contributed by atoms with Gasteiger partial charge in [0.25, 0.3) is 0 Å². The standard InChI is InChI=1S/C19H18N2O/c1-12(2)13-7-9-14(10-8-13)18-15-5-3-4-6-17(15)22-19(21)16(18)11-20/h3-10,12,18H,21H2,1-2H3/t18-/m1/s1. The van der Waals surface area contributed by atoms with Crippen molar-refractivity contribution in [2.75, 3.05) is 0 Å². The molecule has 0 amide bonds. The second-order valence-corrected chi connectivity index (χ2v) is 5.78. The fourth-order valence-corrected chi connectivity index (χ4v) is 2.82. The summed E-state index contributed by atoms with van der Waals surface area (Å²) in [4.78, 5) is 0. The SMILES string of the molecule is CC(C)c1ccc([C@H]2C(C#N)=C(N)Oc3ccccc32)cc1. The van der Waals surface area contributed by atoms with Crippen molar-refractivity contribution in [3.63, 3.8) is 0 Å². The number of benzene rings is 2. The van der Waals surface area contributed by atoms with Crippen molar-refractivity contribution < 1.29 is 4.74 Å². The first kappa shape index (κ1) is 14.2. The lowest BCUT2D eigenvalue weighted by molar-refractivity contribution is 0.393. The van der Waals surface area contributed by atoms with E-state index in [2.05, 4.69) is 44.2 Å². The fourth-order valence-electron chi connectivity index (χ4n) is 2.82. The van der Waals surface area contributed by atoms with Crippen LogP contribution in [0.1, 0.15) is 42.4 Å². The highest BCUT2D eigenvalue weighted by Gasteiger charge is 2.30. The van der Waals surface area contributed by atoms with E-state index >= 15 is 0 Å². The highest BCUT2D eigenvalue weighted by atomic mass is 16.5. The third kappa shape index (κ3) is 2.33. The van der Waals surface area contributed by atoms with Crippen molar-refractivity contribution in [3.05, 3.63) is 76.7 Å². The highest BCUT2D eigenvalue weighted by molar-refractivity contribution is 5.55. The minimum Gasteiger partial charge on any atom is -0.440 e. The van der Waals surface area contributed by atoms with Crippen molar-refractivity contribution in [1.82, 2.24) is 0 Å². The molecule has 0 bridgehead atoms. The predicted molar refractivity (Wildman–Crippen MR) is 86.3 cm³/mol. The molecule has 2 aromatic carbocycles. The van der Waals surface area contributed by atoms with Gasteiger partial charge in [-0.15, -0.1) is 0 Å². The number of nitrogens with two attached hydrogens (primary N) is 1. The monoisotopic (exact) mass is 290 g/mol. The summed E-state index contributed by atoms with van der Waals surface area (Å²) in [6.45, 7) is 4.33. The van der Waals surface area contributed by atoms with Crippen molar-refractivity contribution in [3.8, 4) is 11.8 Å². The molecule has 3 heteroatoms. The topological polar surface area (TPSA) is 59.0 Å². The Kier molecular flexibility index (Phi) is 3.60. The van der Waals surface area contributed by atoms with Crippen molar-refractivity contribution in [2.24, 2.45) is 5.73 Å². The van der Waals surface area contributed by atoms with Crippen LogP contribution < -0.4 is 10.5 Å². The molecule has 1 aliphatic rings. The van der Waals surface area contributed by atoms with Crippen LogP contribution in [-0.2, 0) is 0 Å². The number of fused-ring (bicyclic) bond motifs is 1. The van der Waals surface area contributed by atoms with Gasteiger partial charge in [-0.25, -0.2) is 0 Å². The lowest BCUT2D eigenvalue weighted by Gasteiger charge is -2.26. The average Bonchev–Trinajstić information content (AvgIpc) is 2.53. The summed E-state index contributed by atoms with van der Waals surface area (Å²) in [5.41, 5.74) is 9.72. The van der Waals surface area contributed by atoms with Gasteiger partial charge in [-0.05, 0) is 23.1 Å². The molecule has 3 nitrogen and oxygen atoms in total. The number of hydrogen-bond donors (Lipinski definition) is 1. The first-order chi connectivity index (χ1) is 10.6. The Morgan fingerprint density at radius 2 is 1.77 bits per heavy atom. The quantitative estimate of drug-likeness (QED) is 0.908. The maximum absolute atomic E-state index is 9.49. The van der Waals surface area contributed by atoms with E-state index in [1.807, 2.05) is 24.3 Å². The van der Waals surface area contributed by atoms with E-state index in [1.165, 1.54) is 5.56 Å². The highest BCUT2D eigenvalue weighted by Crippen LogP contribution is 2.41. The maximum atomic E-state index is 9.49. The minimum absolute atomic E-state index is 0.170. The lowest BCUT2D eigenvalue weighted by atomic mass is 9.83. The Labute approximate surface area is 130 Å². The summed E-state index contributed by atoms with van der Waals surface area (Å²) < 4.78 is 5.58. The third-order valence-electron chi connectivity index (χ3n) is 4.06. The van der Waals surface area contributed by atoms with Gasteiger partial charge in [-0.2, -0.15) is 5.26 Å². The molecule has 0 unspecified atom stereocenters. The molecule has 1 aliphatic heterocycles. The molecule has 0 aliphatic carbocycles. The van der Waals surface area contributed by atoms with Gasteiger partial charge in [0.05, 0.1) is 5.92 Å². The number of allylic oxidation sites excluding steroid dienone is 1. The minimum atomic E-state index is -0.170. The van der Waals surface area contributed by atoms with E-state index in [4.69, 9.17) is 10.5 Å². The average molecular weight is 290 g/mol. The van der Waals surface area contributed by atoms with Gasteiger partial charge in [-0.3, -0.25) is 0 Å². The van der Waals surface area contributed by atoms with E-state index in [9.17, 15) is 5.26 Å². The van der Waals surface area contributed by atoms with Gasteiger partial charge >= 0.3 is 0 Å². The van der Waals surface area contributed by atoms with Gasteiger partial charge in [0.15, 0.2) is 0 Å². The summed E-state index contributed by atoms with van der Waals surface area (Å²) in [5.74, 6) is 1.22. The first-order valence-electron chi connectivity index (χ1n) is 7.38. The number of nitrogens with zero attached hydrogens (tertiary/aromatic N) is 1. The molecule has 0 aromatic heterocycles. The van der Waals surface area contributed by atoms with Gasteiger partial charge in [-0.1, -0.05) is 56.3 Å². The first-order valence-corrected chi connectivity index (χ1v) is 7.38. The largest absolute Gasteiger partial charge is 0.440 e. The Hall–Kier alpha value is -2.73. The zero-order chi connectivity index (χ0) is 15.7. The molecule has 1 atom stereocenters. The summed E-state index contributed by atoms with van der Waals surface area (Å²) in [6, 6.07) is 18.3.